The van der Waals surface area contributed by atoms with Gasteiger partial charge in [-0.25, -0.2) is 15.0 Å². The van der Waals surface area contributed by atoms with E-state index in [4.69, 9.17) is 0 Å². The summed E-state index contributed by atoms with van der Waals surface area (Å²) in [7, 11) is 1.91. The highest BCUT2D eigenvalue weighted by Crippen LogP contribution is 2.16. The SMILES string of the molecule is Cc1nn(C)cc1CNc1ncnc2nc[nH]c12. The summed E-state index contributed by atoms with van der Waals surface area (Å²) in [5.74, 6) is 0.751. The van der Waals surface area contributed by atoms with E-state index in [0.29, 0.717) is 12.2 Å². The van der Waals surface area contributed by atoms with E-state index in [1.165, 1.54) is 6.33 Å². The molecule has 0 aliphatic carbocycles. The average Bonchev–Trinajstić information content (AvgIpc) is 2.93. The summed E-state index contributed by atoms with van der Waals surface area (Å²) < 4.78 is 1.80. The van der Waals surface area contributed by atoms with Gasteiger partial charge in [-0.2, -0.15) is 5.10 Å². The highest BCUT2D eigenvalue weighted by atomic mass is 15.3. The van der Waals surface area contributed by atoms with Crippen LogP contribution in [0.4, 0.5) is 5.82 Å². The van der Waals surface area contributed by atoms with E-state index >= 15 is 0 Å². The van der Waals surface area contributed by atoms with Gasteiger partial charge in [-0.1, -0.05) is 0 Å². The lowest BCUT2D eigenvalue weighted by molar-refractivity contribution is 0.756. The standard InChI is InChI=1S/C11H13N7/c1-7-8(4-18(2)17-7)3-12-10-9-11(14-5-13-9)16-6-15-10/h4-6H,3H2,1-2H3,(H2,12,13,14,15,16). The van der Waals surface area contributed by atoms with Crippen molar-refractivity contribution in [2.75, 3.05) is 5.32 Å². The van der Waals surface area contributed by atoms with Crippen molar-refractivity contribution in [3.05, 3.63) is 30.1 Å². The number of anilines is 1. The normalized spacial score (nSPS) is 11.0. The van der Waals surface area contributed by atoms with Crippen LogP contribution in [-0.2, 0) is 13.6 Å². The van der Waals surface area contributed by atoms with Crippen molar-refractivity contribution in [1.82, 2.24) is 29.7 Å². The lowest BCUT2D eigenvalue weighted by Crippen LogP contribution is -2.03. The number of imidazole rings is 1. The fraction of sp³-hybridized carbons (Fsp3) is 0.273. The zero-order chi connectivity index (χ0) is 12.5. The van der Waals surface area contributed by atoms with Crippen molar-refractivity contribution >= 4 is 17.0 Å². The van der Waals surface area contributed by atoms with Crippen LogP contribution in [-0.4, -0.2) is 29.7 Å². The van der Waals surface area contributed by atoms with E-state index in [9.17, 15) is 0 Å². The molecule has 3 heterocycles. The Morgan fingerprint density at radius 3 is 3.00 bits per heavy atom. The van der Waals surface area contributed by atoms with Crippen molar-refractivity contribution in [1.29, 1.82) is 0 Å². The number of hydrogen-bond acceptors (Lipinski definition) is 5. The van der Waals surface area contributed by atoms with Crippen molar-refractivity contribution in [3.63, 3.8) is 0 Å². The molecule has 3 aromatic rings. The fourth-order valence-corrected chi connectivity index (χ4v) is 1.90. The van der Waals surface area contributed by atoms with Gasteiger partial charge >= 0.3 is 0 Å². The topological polar surface area (TPSA) is 84.3 Å². The summed E-state index contributed by atoms with van der Waals surface area (Å²) in [4.78, 5) is 15.4. The third kappa shape index (κ3) is 1.79. The zero-order valence-electron chi connectivity index (χ0n) is 10.2. The first-order valence-corrected chi connectivity index (χ1v) is 5.61. The molecule has 3 aromatic heterocycles. The molecule has 92 valence electrons. The van der Waals surface area contributed by atoms with E-state index in [0.717, 1.165) is 22.6 Å². The molecule has 0 atom stereocenters. The number of aromatic amines is 1. The number of hydrogen-bond donors (Lipinski definition) is 2. The monoisotopic (exact) mass is 243 g/mol. The van der Waals surface area contributed by atoms with Gasteiger partial charge < -0.3 is 10.3 Å². The molecule has 0 unspecified atom stereocenters. The molecule has 0 saturated carbocycles. The van der Waals surface area contributed by atoms with E-state index in [2.05, 4.69) is 30.4 Å². The minimum absolute atomic E-state index is 0.662. The van der Waals surface area contributed by atoms with Crippen LogP contribution < -0.4 is 5.32 Å². The van der Waals surface area contributed by atoms with Crippen LogP contribution in [0, 0.1) is 6.92 Å². The molecule has 18 heavy (non-hydrogen) atoms. The molecule has 0 spiro atoms. The Labute approximate surface area is 103 Å². The highest BCUT2D eigenvalue weighted by Gasteiger charge is 2.07. The van der Waals surface area contributed by atoms with Gasteiger partial charge in [0.2, 0.25) is 0 Å². The molecule has 0 fully saturated rings. The average molecular weight is 243 g/mol. The van der Waals surface area contributed by atoms with Crippen LogP contribution in [0.5, 0.6) is 0 Å². The van der Waals surface area contributed by atoms with Crippen LogP contribution in [0.15, 0.2) is 18.9 Å². The lowest BCUT2D eigenvalue weighted by atomic mass is 10.2. The van der Waals surface area contributed by atoms with Crippen LogP contribution in [0.25, 0.3) is 11.2 Å². The van der Waals surface area contributed by atoms with Gasteiger partial charge in [0.15, 0.2) is 11.5 Å². The Kier molecular flexibility index (Phi) is 2.44. The first-order chi connectivity index (χ1) is 8.74. The third-order valence-electron chi connectivity index (χ3n) is 2.78. The van der Waals surface area contributed by atoms with Crippen molar-refractivity contribution in [2.45, 2.75) is 13.5 Å². The smallest absolute Gasteiger partial charge is 0.182 e. The minimum Gasteiger partial charge on any atom is -0.364 e. The van der Waals surface area contributed by atoms with E-state index < -0.39 is 0 Å². The molecule has 0 aromatic carbocycles. The maximum absolute atomic E-state index is 4.30. The number of fused-ring (bicyclic) bond motifs is 1. The molecular formula is C11H13N7. The van der Waals surface area contributed by atoms with Crippen molar-refractivity contribution in [2.24, 2.45) is 7.05 Å². The van der Waals surface area contributed by atoms with Gasteiger partial charge in [0.1, 0.15) is 11.8 Å². The van der Waals surface area contributed by atoms with Crippen LogP contribution in [0.1, 0.15) is 11.3 Å². The summed E-state index contributed by atoms with van der Waals surface area (Å²) in [6, 6.07) is 0. The number of nitrogens with one attached hydrogen (secondary N) is 2. The largest absolute Gasteiger partial charge is 0.364 e. The van der Waals surface area contributed by atoms with Gasteiger partial charge in [-0.3, -0.25) is 4.68 Å². The van der Waals surface area contributed by atoms with Gasteiger partial charge in [0.05, 0.1) is 12.0 Å². The molecule has 7 heteroatoms. The maximum Gasteiger partial charge on any atom is 0.182 e. The maximum atomic E-state index is 4.30. The quantitative estimate of drug-likeness (QED) is 0.717. The molecule has 7 nitrogen and oxygen atoms in total. The number of aromatic nitrogens is 6. The molecule has 0 aliphatic rings. The molecule has 3 rings (SSSR count). The number of rotatable bonds is 3. The minimum atomic E-state index is 0.662. The van der Waals surface area contributed by atoms with Crippen molar-refractivity contribution < 1.29 is 0 Å². The summed E-state index contributed by atoms with van der Waals surface area (Å²) in [6.07, 6.45) is 5.11. The van der Waals surface area contributed by atoms with Gasteiger partial charge in [0, 0.05) is 25.4 Å². The predicted octanol–water partition coefficient (Wildman–Crippen LogP) is 1.01. The highest BCUT2D eigenvalue weighted by molar-refractivity contribution is 5.81. The summed E-state index contributed by atoms with van der Waals surface area (Å²) in [5, 5.41) is 7.57. The second kappa shape index (κ2) is 4.10. The Hall–Kier alpha value is -2.44. The van der Waals surface area contributed by atoms with E-state index in [1.54, 1.807) is 11.0 Å². The van der Waals surface area contributed by atoms with Crippen molar-refractivity contribution in [3.8, 4) is 0 Å². The number of nitrogens with zero attached hydrogens (tertiary/aromatic N) is 5. The molecule has 0 amide bonds. The molecule has 0 aliphatic heterocycles. The molecule has 0 radical (unpaired) electrons. The molecule has 0 bridgehead atoms. The second-order valence-electron chi connectivity index (χ2n) is 4.09. The summed E-state index contributed by atoms with van der Waals surface area (Å²) in [6.45, 7) is 2.66. The Balaban J connectivity index is 1.85. The molecular weight excluding hydrogens is 230 g/mol. The molecule has 0 saturated heterocycles. The van der Waals surface area contributed by atoms with E-state index in [1.807, 2.05) is 20.2 Å². The third-order valence-corrected chi connectivity index (χ3v) is 2.78. The lowest BCUT2D eigenvalue weighted by Gasteiger charge is -2.04. The number of H-pyrrole nitrogens is 1. The Morgan fingerprint density at radius 1 is 1.33 bits per heavy atom. The first kappa shape index (κ1) is 10.7. The summed E-state index contributed by atoms with van der Waals surface area (Å²) >= 11 is 0. The Morgan fingerprint density at radius 2 is 2.22 bits per heavy atom. The Bertz CT molecular complexity index is 682. The van der Waals surface area contributed by atoms with E-state index in [-0.39, 0.29) is 0 Å². The fourth-order valence-electron chi connectivity index (χ4n) is 1.90. The van der Waals surface area contributed by atoms with Crippen LogP contribution in [0.3, 0.4) is 0 Å². The summed E-state index contributed by atoms with van der Waals surface area (Å²) in [5.41, 5.74) is 3.64. The number of aryl methyl sites for hydroxylation is 2. The van der Waals surface area contributed by atoms with Crippen LogP contribution >= 0.6 is 0 Å². The zero-order valence-corrected chi connectivity index (χ0v) is 10.2. The molecule has 2 N–H and O–H groups in total. The second-order valence-corrected chi connectivity index (χ2v) is 4.09. The van der Waals surface area contributed by atoms with Gasteiger partial charge in [0.25, 0.3) is 0 Å². The van der Waals surface area contributed by atoms with Gasteiger partial charge in [-0.15, -0.1) is 0 Å². The first-order valence-electron chi connectivity index (χ1n) is 5.61. The van der Waals surface area contributed by atoms with Crippen LogP contribution in [0.2, 0.25) is 0 Å². The van der Waals surface area contributed by atoms with Gasteiger partial charge in [-0.05, 0) is 6.92 Å². The predicted molar refractivity (Wildman–Crippen MR) is 67.0 cm³/mol.